The molecule has 22 heavy (non-hydrogen) atoms. The number of H-pyrrole nitrogens is 1. The van der Waals surface area contributed by atoms with Crippen LogP contribution in [0.4, 0.5) is 5.69 Å². The van der Waals surface area contributed by atoms with Crippen LogP contribution in [0.25, 0.3) is 0 Å². The van der Waals surface area contributed by atoms with Crippen LogP contribution in [0.3, 0.4) is 0 Å². The first-order valence-electron chi connectivity index (χ1n) is 7.22. The lowest BCUT2D eigenvalue weighted by Crippen LogP contribution is -2.32. The van der Waals surface area contributed by atoms with E-state index in [2.05, 4.69) is 14.9 Å². The van der Waals surface area contributed by atoms with Crippen molar-refractivity contribution in [3.63, 3.8) is 0 Å². The minimum absolute atomic E-state index is 0.240. The number of benzene rings is 1. The van der Waals surface area contributed by atoms with Gasteiger partial charge >= 0.3 is 5.97 Å². The van der Waals surface area contributed by atoms with E-state index >= 15 is 0 Å². The van der Waals surface area contributed by atoms with Gasteiger partial charge in [-0.15, -0.1) is 0 Å². The Balaban J connectivity index is 1.91. The second-order valence-corrected chi connectivity index (χ2v) is 5.36. The first-order chi connectivity index (χ1) is 10.7. The number of nitrogens with one attached hydrogen (secondary N) is 1. The van der Waals surface area contributed by atoms with Gasteiger partial charge in [-0.1, -0.05) is 6.07 Å². The maximum atomic E-state index is 11.5. The van der Waals surface area contributed by atoms with Gasteiger partial charge in [-0.05, 0) is 24.1 Å². The fraction of sp³-hybridized carbons (Fsp3) is 0.375. The van der Waals surface area contributed by atoms with Crippen LogP contribution >= 0.6 is 0 Å². The average Bonchev–Trinajstić information content (AvgIpc) is 3.01. The number of ether oxygens (including phenoxy) is 2. The molecule has 6 heteroatoms. The summed E-state index contributed by atoms with van der Waals surface area (Å²) in [7, 11) is 1.40. The van der Waals surface area contributed by atoms with Crippen molar-refractivity contribution in [2.45, 2.75) is 19.9 Å². The molecule has 6 nitrogen and oxygen atoms in total. The van der Waals surface area contributed by atoms with Crippen molar-refractivity contribution in [2.24, 2.45) is 0 Å². The van der Waals surface area contributed by atoms with Gasteiger partial charge in [-0.2, -0.15) is 0 Å². The smallest absolute Gasteiger partial charge is 0.309 e. The summed E-state index contributed by atoms with van der Waals surface area (Å²) in [5, 5.41) is 0. The lowest BCUT2D eigenvalue weighted by molar-refractivity contribution is -0.139. The molecule has 1 aromatic carbocycles. The molecule has 0 unspecified atom stereocenters. The molecule has 3 rings (SSSR count). The van der Waals surface area contributed by atoms with E-state index < -0.39 is 0 Å². The molecule has 1 aromatic heterocycles. The molecule has 116 valence electrons. The van der Waals surface area contributed by atoms with Crippen LogP contribution in [0.2, 0.25) is 0 Å². The van der Waals surface area contributed by atoms with Crippen LogP contribution in [0.15, 0.2) is 24.7 Å². The number of nitrogens with zero attached hydrogens (tertiary/aromatic N) is 2. The SMILES string of the molecule is COC(=O)Cc1cc(C)c2c(c1)N(Cc1cnc[nH]1)CCO2. The van der Waals surface area contributed by atoms with Gasteiger partial charge in [0.1, 0.15) is 12.4 Å². The molecule has 0 bridgehead atoms. The highest BCUT2D eigenvalue weighted by Crippen LogP contribution is 2.36. The zero-order valence-corrected chi connectivity index (χ0v) is 12.8. The van der Waals surface area contributed by atoms with Crippen LogP contribution in [-0.4, -0.2) is 36.2 Å². The highest BCUT2D eigenvalue weighted by molar-refractivity contribution is 5.74. The molecular weight excluding hydrogens is 282 g/mol. The van der Waals surface area contributed by atoms with Gasteiger partial charge in [0.15, 0.2) is 0 Å². The Morgan fingerprint density at radius 2 is 2.36 bits per heavy atom. The second kappa shape index (κ2) is 6.09. The minimum atomic E-state index is -0.240. The van der Waals surface area contributed by atoms with E-state index in [1.165, 1.54) is 7.11 Å². The summed E-state index contributed by atoms with van der Waals surface area (Å²) in [5.74, 6) is 0.649. The number of carbonyl (C=O) groups excluding carboxylic acids is 1. The third-order valence-corrected chi connectivity index (χ3v) is 3.76. The summed E-state index contributed by atoms with van der Waals surface area (Å²) in [6, 6.07) is 3.99. The zero-order valence-electron chi connectivity index (χ0n) is 12.8. The van der Waals surface area contributed by atoms with Crippen molar-refractivity contribution in [1.29, 1.82) is 0 Å². The van der Waals surface area contributed by atoms with E-state index in [9.17, 15) is 4.79 Å². The maximum absolute atomic E-state index is 11.5. The number of aromatic nitrogens is 2. The number of anilines is 1. The van der Waals surface area contributed by atoms with E-state index in [-0.39, 0.29) is 12.4 Å². The molecule has 0 saturated heterocycles. The van der Waals surface area contributed by atoms with Gasteiger partial charge in [0.05, 0.1) is 44.3 Å². The fourth-order valence-corrected chi connectivity index (χ4v) is 2.71. The molecular formula is C16H19N3O3. The molecule has 0 spiro atoms. The van der Waals surface area contributed by atoms with E-state index in [1.54, 1.807) is 6.33 Å². The summed E-state index contributed by atoms with van der Waals surface area (Å²) in [4.78, 5) is 20.9. The number of rotatable bonds is 4. The monoisotopic (exact) mass is 301 g/mol. The predicted octanol–water partition coefficient (Wildman–Crippen LogP) is 1.83. The number of carbonyl (C=O) groups is 1. The fourth-order valence-electron chi connectivity index (χ4n) is 2.71. The molecule has 1 N–H and O–H groups in total. The van der Waals surface area contributed by atoms with Crippen LogP contribution in [0, 0.1) is 6.92 Å². The Bertz CT molecular complexity index is 668. The van der Waals surface area contributed by atoms with Gasteiger partial charge in [-0.3, -0.25) is 4.79 Å². The summed E-state index contributed by atoms with van der Waals surface area (Å²) < 4.78 is 10.6. The Kier molecular flexibility index (Phi) is 4.00. The third-order valence-electron chi connectivity index (χ3n) is 3.76. The van der Waals surface area contributed by atoms with E-state index in [1.807, 2.05) is 25.3 Å². The number of fused-ring (bicyclic) bond motifs is 1. The topological polar surface area (TPSA) is 67.5 Å². The highest BCUT2D eigenvalue weighted by atomic mass is 16.5. The third kappa shape index (κ3) is 2.90. The molecule has 1 aliphatic heterocycles. The van der Waals surface area contributed by atoms with Gasteiger partial charge < -0.3 is 19.4 Å². The van der Waals surface area contributed by atoms with Crippen LogP contribution in [0.1, 0.15) is 16.8 Å². The van der Waals surface area contributed by atoms with E-state index in [0.29, 0.717) is 6.61 Å². The molecule has 0 saturated carbocycles. The van der Waals surface area contributed by atoms with Crippen molar-refractivity contribution in [3.8, 4) is 5.75 Å². The maximum Gasteiger partial charge on any atom is 0.309 e. The lowest BCUT2D eigenvalue weighted by Gasteiger charge is -2.32. The quantitative estimate of drug-likeness (QED) is 0.873. The molecule has 0 aliphatic carbocycles. The van der Waals surface area contributed by atoms with Crippen molar-refractivity contribution >= 4 is 11.7 Å². The summed E-state index contributed by atoms with van der Waals surface area (Å²) in [6.07, 6.45) is 3.76. The minimum Gasteiger partial charge on any atom is -0.489 e. The summed E-state index contributed by atoms with van der Waals surface area (Å²) in [5.41, 5.74) is 4.03. The van der Waals surface area contributed by atoms with Crippen LogP contribution in [-0.2, 0) is 22.5 Å². The average molecular weight is 301 g/mol. The Morgan fingerprint density at radius 3 is 3.09 bits per heavy atom. The normalized spacial score (nSPS) is 13.5. The van der Waals surface area contributed by atoms with Crippen molar-refractivity contribution in [3.05, 3.63) is 41.5 Å². The molecule has 0 radical (unpaired) electrons. The second-order valence-electron chi connectivity index (χ2n) is 5.36. The van der Waals surface area contributed by atoms with Gasteiger partial charge in [0.25, 0.3) is 0 Å². The first-order valence-corrected chi connectivity index (χ1v) is 7.22. The highest BCUT2D eigenvalue weighted by Gasteiger charge is 2.22. The molecule has 0 amide bonds. The lowest BCUT2D eigenvalue weighted by atomic mass is 10.0. The van der Waals surface area contributed by atoms with Crippen molar-refractivity contribution < 1.29 is 14.3 Å². The number of hydrogen-bond donors (Lipinski definition) is 1. The Hall–Kier alpha value is -2.50. The van der Waals surface area contributed by atoms with E-state index in [0.717, 1.165) is 41.3 Å². The number of methoxy groups -OCH3 is 1. The van der Waals surface area contributed by atoms with Crippen LogP contribution < -0.4 is 9.64 Å². The standard InChI is InChI=1S/C16H19N3O3/c1-11-5-12(7-15(20)21-2)6-14-16(11)22-4-3-19(14)9-13-8-17-10-18-13/h5-6,8,10H,3-4,7,9H2,1-2H3,(H,17,18). The van der Waals surface area contributed by atoms with E-state index in [4.69, 9.17) is 9.47 Å². The molecule has 2 heterocycles. The number of aryl methyl sites for hydroxylation is 1. The van der Waals surface area contributed by atoms with Gasteiger partial charge in [0.2, 0.25) is 0 Å². The van der Waals surface area contributed by atoms with Crippen LogP contribution in [0.5, 0.6) is 5.75 Å². The van der Waals surface area contributed by atoms with Crippen molar-refractivity contribution in [1.82, 2.24) is 9.97 Å². The predicted molar refractivity (Wildman–Crippen MR) is 82.0 cm³/mol. The molecule has 2 aromatic rings. The Labute approximate surface area is 129 Å². The largest absolute Gasteiger partial charge is 0.489 e. The van der Waals surface area contributed by atoms with Gasteiger partial charge in [-0.25, -0.2) is 4.98 Å². The summed E-state index contributed by atoms with van der Waals surface area (Å²) in [6.45, 7) is 4.18. The summed E-state index contributed by atoms with van der Waals surface area (Å²) >= 11 is 0. The van der Waals surface area contributed by atoms with Gasteiger partial charge in [0, 0.05) is 6.20 Å². The molecule has 0 atom stereocenters. The number of imidazole rings is 1. The Morgan fingerprint density at radius 1 is 1.50 bits per heavy atom. The number of hydrogen-bond acceptors (Lipinski definition) is 5. The van der Waals surface area contributed by atoms with Crippen molar-refractivity contribution in [2.75, 3.05) is 25.2 Å². The zero-order chi connectivity index (χ0) is 15.5. The first kappa shape index (κ1) is 14.4. The number of aromatic amines is 1. The molecule has 1 aliphatic rings. The number of esters is 1. The molecule has 0 fully saturated rings.